The summed E-state index contributed by atoms with van der Waals surface area (Å²) in [5.41, 5.74) is 1.10. The van der Waals surface area contributed by atoms with Crippen molar-refractivity contribution in [3.8, 4) is 0 Å². The van der Waals surface area contributed by atoms with Gasteiger partial charge >= 0.3 is 5.97 Å². The third kappa shape index (κ3) is 3.67. The Morgan fingerprint density at radius 1 is 1.22 bits per heavy atom. The third-order valence-corrected chi connectivity index (χ3v) is 5.52. The van der Waals surface area contributed by atoms with Gasteiger partial charge in [-0.2, -0.15) is 0 Å². The summed E-state index contributed by atoms with van der Waals surface area (Å²) in [5, 5.41) is 29.5. The molecule has 3 rings (SSSR count). The van der Waals surface area contributed by atoms with Crippen LogP contribution < -0.4 is 0 Å². The van der Waals surface area contributed by atoms with E-state index >= 15 is 0 Å². The molecule has 2 aliphatic carbocycles. The number of fused-ring (bicyclic) bond motifs is 1. The second-order valence-corrected chi connectivity index (χ2v) is 7.23. The summed E-state index contributed by atoms with van der Waals surface area (Å²) in [5.74, 6) is 0.648. The summed E-state index contributed by atoms with van der Waals surface area (Å²) >= 11 is 0. The van der Waals surface area contributed by atoms with Gasteiger partial charge in [-0.3, -0.25) is 4.79 Å². The van der Waals surface area contributed by atoms with Crippen molar-refractivity contribution in [2.24, 2.45) is 17.8 Å². The summed E-state index contributed by atoms with van der Waals surface area (Å²) in [6.45, 7) is 2.16. The first-order valence-corrected chi connectivity index (χ1v) is 8.57. The SMILES string of the molecule is C[C@H]1C=CC2=C[C@H](O)C(O)C[C@@H]2[C@H]1CC[C@@H]1C[C@@H](O)CC(=O)O1. The van der Waals surface area contributed by atoms with Gasteiger partial charge in [-0.25, -0.2) is 0 Å². The standard InChI is InChI=1S/C18H26O5/c1-10-2-3-11-6-16(20)17(21)9-15(11)14(10)5-4-13-7-12(19)8-18(22)23-13/h2-3,6,10,12-17,19-21H,4-5,7-9H2,1H3/t10-,12+,13+,14-,15-,16-,17?/m0/s1. The van der Waals surface area contributed by atoms with Crippen LogP contribution in [0.3, 0.4) is 0 Å². The molecule has 0 spiro atoms. The Balaban J connectivity index is 1.66. The van der Waals surface area contributed by atoms with Crippen LogP contribution in [0.25, 0.3) is 0 Å². The number of ether oxygens (including phenoxy) is 1. The number of rotatable bonds is 3. The predicted molar refractivity (Wildman–Crippen MR) is 84.4 cm³/mol. The molecule has 0 aromatic rings. The van der Waals surface area contributed by atoms with Crippen molar-refractivity contribution in [2.45, 2.75) is 63.4 Å². The predicted octanol–water partition coefficient (Wildman–Crippen LogP) is 1.32. The van der Waals surface area contributed by atoms with Crippen LogP contribution in [0.4, 0.5) is 0 Å². The van der Waals surface area contributed by atoms with Crippen LogP contribution in [0.15, 0.2) is 23.8 Å². The van der Waals surface area contributed by atoms with Gasteiger partial charge < -0.3 is 20.1 Å². The largest absolute Gasteiger partial charge is 0.462 e. The van der Waals surface area contributed by atoms with Crippen LogP contribution in [-0.2, 0) is 9.53 Å². The number of carbonyl (C=O) groups excluding carboxylic acids is 1. The first-order chi connectivity index (χ1) is 10.9. The van der Waals surface area contributed by atoms with Crippen molar-refractivity contribution < 1.29 is 24.9 Å². The minimum Gasteiger partial charge on any atom is -0.462 e. The van der Waals surface area contributed by atoms with Crippen LogP contribution in [0, 0.1) is 17.8 Å². The van der Waals surface area contributed by atoms with Crippen LogP contribution in [0.5, 0.6) is 0 Å². The van der Waals surface area contributed by atoms with E-state index in [0.29, 0.717) is 24.7 Å². The molecule has 1 unspecified atom stereocenters. The van der Waals surface area contributed by atoms with Crippen molar-refractivity contribution >= 4 is 5.97 Å². The molecule has 0 saturated carbocycles. The fraction of sp³-hybridized carbons (Fsp3) is 0.722. The maximum atomic E-state index is 11.4. The zero-order chi connectivity index (χ0) is 16.6. The van der Waals surface area contributed by atoms with E-state index < -0.39 is 18.3 Å². The molecule has 7 atom stereocenters. The van der Waals surface area contributed by atoms with Crippen molar-refractivity contribution in [3.63, 3.8) is 0 Å². The van der Waals surface area contributed by atoms with Crippen LogP contribution >= 0.6 is 0 Å². The van der Waals surface area contributed by atoms with Crippen molar-refractivity contribution in [3.05, 3.63) is 23.8 Å². The molecule has 5 heteroatoms. The maximum absolute atomic E-state index is 11.4. The fourth-order valence-electron chi connectivity index (χ4n) is 4.22. The van der Waals surface area contributed by atoms with Crippen LogP contribution in [0.1, 0.15) is 39.0 Å². The summed E-state index contributed by atoms with van der Waals surface area (Å²) in [7, 11) is 0. The molecule has 0 radical (unpaired) electrons. The Morgan fingerprint density at radius 3 is 2.74 bits per heavy atom. The maximum Gasteiger partial charge on any atom is 0.308 e. The molecule has 3 aliphatic rings. The molecule has 5 nitrogen and oxygen atoms in total. The number of esters is 1. The Bertz CT molecular complexity index is 512. The highest BCUT2D eigenvalue weighted by molar-refractivity contribution is 5.70. The number of aliphatic hydroxyl groups excluding tert-OH is 3. The van der Waals surface area contributed by atoms with E-state index in [0.717, 1.165) is 18.4 Å². The summed E-state index contributed by atoms with van der Waals surface area (Å²) in [6, 6.07) is 0. The van der Waals surface area contributed by atoms with Gasteiger partial charge in [0.25, 0.3) is 0 Å². The molecular formula is C18H26O5. The monoisotopic (exact) mass is 322 g/mol. The number of carbonyl (C=O) groups is 1. The molecule has 3 N–H and O–H groups in total. The average molecular weight is 322 g/mol. The lowest BCUT2D eigenvalue weighted by atomic mass is 9.67. The molecule has 128 valence electrons. The average Bonchev–Trinajstić information content (AvgIpc) is 2.47. The Kier molecular flexibility index (Phi) is 4.90. The highest BCUT2D eigenvalue weighted by atomic mass is 16.5. The van der Waals surface area contributed by atoms with Gasteiger partial charge in [0.1, 0.15) is 6.10 Å². The Labute approximate surface area is 136 Å². The van der Waals surface area contributed by atoms with Gasteiger partial charge in [-0.05, 0) is 42.6 Å². The minimum atomic E-state index is -0.783. The van der Waals surface area contributed by atoms with Gasteiger partial charge in [0.15, 0.2) is 0 Å². The Hall–Kier alpha value is -1.17. The first kappa shape index (κ1) is 16.7. The van der Waals surface area contributed by atoms with Crippen LogP contribution in [-0.4, -0.2) is 45.7 Å². The zero-order valence-electron chi connectivity index (χ0n) is 13.5. The molecule has 0 amide bonds. The highest BCUT2D eigenvalue weighted by Gasteiger charge is 2.37. The van der Waals surface area contributed by atoms with Crippen molar-refractivity contribution in [1.29, 1.82) is 0 Å². The normalized spacial score (nSPS) is 43.6. The molecular weight excluding hydrogens is 296 g/mol. The fourth-order valence-corrected chi connectivity index (χ4v) is 4.22. The Morgan fingerprint density at radius 2 is 2.00 bits per heavy atom. The van der Waals surface area contributed by atoms with Crippen molar-refractivity contribution in [2.75, 3.05) is 0 Å². The minimum absolute atomic E-state index is 0.0959. The second kappa shape index (κ2) is 6.75. The molecule has 1 saturated heterocycles. The van der Waals surface area contributed by atoms with E-state index in [1.165, 1.54) is 0 Å². The lowest BCUT2D eigenvalue weighted by molar-refractivity contribution is -0.160. The molecule has 23 heavy (non-hydrogen) atoms. The van der Waals surface area contributed by atoms with Gasteiger partial charge in [0.2, 0.25) is 0 Å². The zero-order valence-corrected chi connectivity index (χ0v) is 13.5. The highest BCUT2D eigenvalue weighted by Crippen LogP contribution is 2.42. The summed E-state index contributed by atoms with van der Waals surface area (Å²) < 4.78 is 5.34. The number of hydrogen-bond acceptors (Lipinski definition) is 5. The molecule has 0 aromatic heterocycles. The van der Waals surface area contributed by atoms with Gasteiger partial charge in [-0.1, -0.05) is 25.2 Å². The van der Waals surface area contributed by atoms with Crippen LogP contribution in [0.2, 0.25) is 0 Å². The second-order valence-electron chi connectivity index (χ2n) is 7.23. The molecule has 0 aromatic carbocycles. The van der Waals surface area contributed by atoms with E-state index in [2.05, 4.69) is 19.1 Å². The molecule has 1 aliphatic heterocycles. The lowest BCUT2D eigenvalue weighted by Crippen LogP contribution is -2.38. The summed E-state index contributed by atoms with van der Waals surface area (Å²) in [4.78, 5) is 11.4. The lowest BCUT2D eigenvalue weighted by Gasteiger charge is -2.40. The van der Waals surface area contributed by atoms with E-state index in [1.807, 2.05) is 0 Å². The molecule has 1 heterocycles. The summed E-state index contributed by atoms with van der Waals surface area (Å²) in [6.07, 6.45) is 6.46. The van der Waals surface area contributed by atoms with Gasteiger partial charge in [0.05, 0.1) is 24.7 Å². The number of cyclic esters (lactones) is 1. The molecule has 1 fully saturated rings. The van der Waals surface area contributed by atoms with Crippen molar-refractivity contribution in [1.82, 2.24) is 0 Å². The third-order valence-electron chi connectivity index (χ3n) is 5.52. The topological polar surface area (TPSA) is 87.0 Å². The first-order valence-electron chi connectivity index (χ1n) is 8.57. The van der Waals surface area contributed by atoms with E-state index in [4.69, 9.17) is 4.74 Å². The quantitative estimate of drug-likeness (QED) is 0.682. The van der Waals surface area contributed by atoms with E-state index in [1.54, 1.807) is 6.08 Å². The number of allylic oxidation sites excluding steroid dienone is 3. The van der Waals surface area contributed by atoms with E-state index in [-0.39, 0.29) is 24.4 Å². The molecule has 0 bridgehead atoms. The smallest absolute Gasteiger partial charge is 0.308 e. The van der Waals surface area contributed by atoms with Gasteiger partial charge in [0, 0.05) is 6.42 Å². The number of aliphatic hydroxyl groups is 3. The number of hydrogen-bond donors (Lipinski definition) is 3. The van der Waals surface area contributed by atoms with E-state index in [9.17, 15) is 20.1 Å². The van der Waals surface area contributed by atoms with Gasteiger partial charge in [-0.15, -0.1) is 0 Å².